The summed E-state index contributed by atoms with van der Waals surface area (Å²) in [6.45, 7) is 13.1. The van der Waals surface area contributed by atoms with Gasteiger partial charge in [0, 0.05) is 17.3 Å². The highest BCUT2D eigenvalue weighted by molar-refractivity contribution is 5.45. The Balaban J connectivity index is 3.13. The lowest BCUT2D eigenvalue weighted by molar-refractivity contribution is 0.569. The lowest BCUT2D eigenvalue weighted by atomic mass is 9.91. The molecule has 0 fully saturated rings. The molecule has 2 nitrogen and oxygen atoms in total. The van der Waals surface area contributed by atoms with Crippen molar-refractivity contribution in [3.63, 3.8) is 0 Å². The maximum atomic E-state index is 6.84. The third kappa shape index (κ3) is 1.82. The van der Waals surface area contributed by atoms with E-state index in [4.69, 9.17) is 6.57 Å². The summed E-state index contributed by atoms with van der Waals surface area (Å²) in [5.74, 6) is 0. The molecule has 1 aromatic heterocycles. The van der Waals surface area contributed by atoms with Gasteiger partial charge >= 0.3 is 0 Å². The zero-order chi connectivity index (χ0) is 9.19. The summed E-state index contributed by atoms with van der Waals surface area (Å²) in [4.78, 5) is 7.57. The van der Waals surface area contributed by atoms with Crippen LogP contribution in [0, 0.1) is 6.57 Å². The molecule has 62 valence electrons. The van der Waals surface area contributed by atoms with Gasteiger partial charge in [-0.3, -0.25) is 4.98 Å². The fourth-order valence-electron chi connectivity index (χ4n) is 0.899. The maximum Gasteiger partial charge on any atom is 0.190 e. The van der Waals surface area contributed by atoms with Gasteiger partial charge in [-0.05, 0) is 12.1 Å². The molecule has 0 aromatic carbocycles. The molecule has 0 N–H and O–H groups in total. The molecule has 0 saturated heterocycles. The van der Waals surface area contributed by atoms with E-state index < -0.39 is 0 Å². The van der Waals surface area contributed by atoms with Crippen molar-refractivity contribution in [3.8, 4) is 0 Å². The van der Waals surface area contributed by atoms with Crippen LogP contribution in [0.25, 0.3) is 4.85 Å². The van der Waals surface area contributed by atoms with Gasteiger partial charge in [0.05, 0.1) is 6.57 Å². The molecule has 0 saturated carbocycles. The van der Waals surface area contributed by atoms with Crippen LogP contribution in [-0.2, 0) is 5.41 Å². The highest BCUT2D eigenvalue weighted by Gasteiger charge is 2.14. The standard InChI is InChI=1S/C10H12N2/c1-10(2,3)9-7-8(11-4)5-6-12-9/h5-7H,1-3H3. The molecule has 0 amide bonds. The lowest BCUT2D eigenvalue weighted by Crippen LogP contribution is -2.12. The largest absolute Gasteiger partial charge is 0.263 e. The Morgan fingerprint density at radius 2 is 2.08 bits per heavy atom. The Hall–Kier alpha value is -1.36. The Morgan fingerprint density at radius 3 is 2.58 bits per heavy atom. The number of hydrogen-bond acceptors (Lipinski definition) is 1. The van der Waals surface area contributed by atoms with Crippen molar-refractivity contribution < 1.29 is 0 Å². The van der Waals surface area contributed by atoms with E-state index >= 15 is 0 Å². The zero-order valence-corrected chi connectivity index (χ0v) is 7.63. The number of nitrogens with zero attached hydrogens (tertiary/aromatic N) is 2. The van der Waals surface area contributed by atoms with E-state index in [1.807, 2.05) is 6.07 Å². The van der Waals surface area contributed by atoms with Crippen molar-refractivity contribution in [1.82, 2.24) is 4.98 Å². The molecule has 0 aliphatic carbocycles. The van der Waals surface area contributed by atoms with E-state index in [1.165, 1.54) is 0 Å². The van der Waals surface area contributed by atoms with Gasteiger partial charge in [0.1, 0.15) is 0 Å². The van der Waals surface area contributed by atoms with Gasteiger partial charge in [-0.2, -0.15) is 0 Å². The van der Waals surface area contributed by atoms with Crippen LogP contribution in [0.5, 0.6) is 0 Å². The summed E-state index contributed by atoms with van der Waals surface area (Å²) in [6, 6.07) is 3.56. The Labute approximate surface area is 73.1 Å². The monoisotopic (exact) mass is 160 g/mol. The van der Waals surface area contributed by atoms with Crippen molar-refractivity contribution in [2.75, 3.05) is 0 Å². The first-order valence-electron chi connectivity index (χ1n) is 3.88. The molecule has 2 heteroatoms. The van der Waals surface area contributed by atoms with Crippen LogP contribution in [0.1, 0.15) is 26.5 Å². The third-order valence-electron chi connectivity index (χ3n) is 1.64. The minimum absolute atomic E-state index is 0.0285. The molecule has 0 spiro atoms. The van der Waals surface area contributed by atoms with Gasteiger partial charge < -0.3 is 0 Å². The molecule has 1 heterocycles. The minimum Gasteiger partial charge on any atom is -0.263 e. The summed E-state index contributed by atoms with van der Waals surface area (Å²) in [6.07, 6.45) is 1.69. The second-order valence-electron chi connectivity index (χ2n) is 3.76. The quantitative estimate of drug-likeness (QED) is 0.533. The molecule has 0 atom stereocenters. The zero-order valence-electron chi connectivity index (χ0n) is 7.63. The molecule has 1 rings (SSSR count). The van der Waals surface area contributed by atoms with Crippen LogP contribution >= 0.6 is 0 Å². The first kappa shape index (κ1) is 8.73. The van der Waals surface area contributed by atoms with Gasteiger partial charge in [-0.1, -0.05) is 20.8 Å². The predicted octanol–water partition coefficient (Wildman–Crippen LogP) is 2.93. The average molecular weight is 160 g/mol. The van der Waals surface area contributed by atoms with Gasteiger partial charge in [0.25, 0.3) is 0 Å². The van der Waals surface area contributed by atoms with Gasteiger partial charge in [-0.15, -0.1) is 0 Å². The fraction of sp³-hybridized carbons (Fsp3) is 0.400. The van der Waals surface area contributed by atoms with Crippen LogP contribution in [0.4, 0.5) is 5.69 Å². The molecule has 1 aromatic rings. The van der Waals surface area contributed by atoms with Gasteiger partial charge in [0.2, 0.25) is 0 Å². The normalized spacial score (nSPS) is 10.8. The van der Waals surface area contributed by atoms with E-state index in [1.54, 1.807) is 12.3 Å². The lowest BCUT2D eigenvalue weighted by Gasteiger charge is -2.17. The summed E-state index contributed by atoms with van der Waals surface area (Å²) >= 11 is 0. The van der Waals surface area contributed by atoms with Gasteiger partial charge in [0.15, 0.2) is 5.69 Å². The average Bonchev–Trinajstić information content (AvgIpc) is 2.03. The molecule has 0 aliphatic rings. The van der Waals surface area contributed by atoms with E-state index in [0.717, 1.165) is 5.69 Å². The van der Waals surface area contributed by atoms with E-state index in [-0.39, 0.29) is 5.41 Å². The molecule has 12 heavy (non-hydrogen) atoms. The predicted molar refractivity (Wildman–Crippen MR) is 49.2 cm³/mol. The molecule has 0 aliphatic heterocycles. The van der Waals surface area contributed by atoms with Gasteiger partial charge in [-0.25, -0.2) is 4.85 Å². The first-order chi connectivity index (χ1) is 5.54. The first-order valence-corrected chi connectivity index (χ1v) is 3.88. The number of aromatic nitrogens is 1. The van der Waals surface area contributed by atoms with E-state index in [0.29, 0.717) is 5.69 Å². The second-order valence-corrected chi connectivity index (χ2v) is 3.76. The SMILES string of the molecule is [C-]#[N+]c1ccnc(C(C)(C)C)c1. The Kier molecular flexibility index (Phi) is 2.14. The summed E-state index contributed by atoms with van der Waals surface area (Å²) in [5, 5.41) is 0. The molecular weight excluding hydrogens is 148 g/mol. The van der Waals surface area contributed by atoms with Crippen molar-refractivity contribution >= 4 is 5.69 Å². The van der Waals surface area contributed by atoms with Crippen LogP contribution in [-0.4, -0.2) is 4.98 Å². The van der Waals surface area contributed by atoms with Crippen molar-refractivity contribution in [2.24, 2.45) is 0 Å². The highest BCUT2D eigenvalue weighted by atomic mass is 14.7. The van der Waals surface area contributed by atoms with Crippen molar-refractivity contribution in [1.29, 1.82) is 0 Å². The Bertz CT molecular complexity index is 315. The fourth-order valence-corrected chi connectivity index (χ4v) is 0.899. The Morgan fingerprint density at radius 1 is 1.42 bits per heavy atom. The number of pyridine rings is 1. The van der Waals surface area contributed by atoms with Crippen LogP contribution in [0.15, 0.2) is 18.3 Å². The molecular formula is C10H12N2. The van der Waals surface area contributed by atoms with E-state index in [9.17, 15) is 0 Å². The second kappa shape index (κ2) is 2.94. The van der Waals surface area contributed by atoms with Crippen molar-refractivity contribution in [3.05, 3.63) is 35.4 Å². The van der Waals surface area contributed by atoms with Crippen LogP contribution in [0.2, 0.25) is 0 Å². The van der Waals surface area contributed by atoms with Crippen LogP contribution in [0.3, 0.4) is 0 Å². The summed E-state index contributed by atoms with van der Waals surface area (Å²) in [7, 11) is 0. The molecule has 0 radical (unpaired) electrons. The molecule has 0 unspecified atom stereocenters. The summed E-state index contributed by atoms with van der Waals surface area (Å²) in [5.41, 5.74) is 1.66. The minimum atomic E-state index is 0.0285. The summed E-state index contributed by atoms with van der Waals surface area (Å²) < 4.78 is 0. The number of rotatable bonds is 0. The third-order valence-corrected chi connectivity index (χ3v) is 1.64. The maximum absolute atomic E-state index is 6.84. The molecule has 0 bridgehead atoms. The smallest absolute Gasteiger partial charge is 0.190 e. The number of hydrogen-bond donors (Lipinski definition) is 0. The van der Waals surface area contributed by atoms with Crippen molar-refractivity contribution in [2.45, 2.75) is 26.2 Å². The topological polar surface area (TPSA) is 17.2 Å². The highest BCUT2D eigenvalue weighted by Crippen LogP contribution is 2.23. The van der Waals surface area contributed by atoms with Crippen LogP contribution < -0.4 is 0 Å². The van der Waals surface area contributed by atoms with E-state index in [2.05, 4.69) is 30.6 Å².